The van der Waals surface area contributed by atoms with Gasteiger partial charge in [-0.05, 0) is 55.3 Å². The Hall–Kier alpha value is -3.08. The topological polar surface area (TPSA) is 67.2 Å². The van der Waals surface area contributed by atoms with Crippen LogP contribution in [0.1, 0.15) is 21.7 Å². The molecule has 0 unspecified atom stereocenters. The maximum atomic E-state index is 11.9. The van der Waals surface area contributed by atoms with Gasteiger partial charge in [0.1, 0.15) is 5.82 Å². The van der Waals surface area contributed by atoms with E-state index in [4.69, 9.17) is 4.42 Å². The van der Waals surface area contributed by atoms with Crippen molar-refractivity contribution in [2.45, 2.75) is 13.8 Å². The number of carbonyl (C=O) groups is 1. The number of nitrogens with one attached hydrogen (secondary N) is 2. The van der Waals surface area contributed by atoms with E-state index >= 15 is 0 Å². The van der Waals surface area contributed by atoms with Crippen molar-refractivity contribution in [1.29, 1.82) is 0 Å². The molecular weight excluding hydrogens is 290 g/mol. The highest BCUT2D eigenvalue weighted by molar-refractivity contribution is 6.02. The summed E-state index contributed by atoms with van der Waals surface area (Å²) in [6.45, 7) is 4.09. The maximum absolute atomic E-state index is 11.9. The zero-order valence-electron chi connectivity index (χ0n) is 13.0. The van der Waals surface area contributed by atoms with Gasteiger partial charge in [-0.15, -0.1) is 0 Å². The number of amides is 1. The normalized spacial score (nSPS) is 10.3. The number of hydrogen-bond donors (Lipinski definition) is 2. The van der Waals surface area contributed by atoms with Gasteiger partial charge >= 0.3 is 0 Å². The van der Waals surface area contributed by atoms with Crippen molar-refractivity contribution in [3.63, 3.8) is 0 Å². The number of aromatic nitrogens is 1. The molecule has 23 heavy (non-hydrogen) atoms. The van der Waals surface area contributed by atoms with Crippen LogP contribution >= 0.6 is 0 Å². The number of nitrogens with zero attached hydrogens (tertiary/aromatic N) is 1. The van der Waals surface area contributed by atoms with Gasteiger partial charge in [0.05, 0.1) is 18.1 Å². The number of furan rings is 1. The van der Waals surface area contributed by atoms with Gasteiger partial charge < -0.3 is 15.1 Å². The predicted molar refractivity (Wildman–Crippen MR) is 90.1 cm³/mol. The van der Waals surface area contributed by atoms with E-state index in [9.17, 15) is 4.79 Å². The summed E-state index contributed by atoms with van der Waals surface area (Å²) >= 11 is 0. The van der Waals surface area contributed by atoms with E-state index in [0.29, 0.717) is 5.69 Å². The molecule has 0 saturated heterocycles. The molecule has 0 aliphatic heterocycles. The molecule has 0 radical (unpaired) electrons. The molecule has 0 atom stereocenters. The molecule has 0 fully saturated rings. The van der Waals surface area contributed by atoms with Crippen LogP contribution in [0.4, 0.5) is 17.2 Å². The molecule has 0 saturated carbocycles. The summed E-state index contributed by atoms with van der Waals surface area (Å²) < 4.78 is 5.05. The van der Waals surface area contributed by atoms with Gasteiger partial charge in [0.25, 0.3) is 5.91 Å². The highest BCUT2D eigenvalue weighted by atomic mass is 16.3. The Morgan fingerprint density at radius 1 is 1.13 bits per heavy atom. The molecule has 1 amide bonds. The third-order valence-electron chi connectivity index (χ3n) is 3.42. The molecule has 5 nitrogen and oxygen atoms in total. The standard InChI is InChI=1S/C18H17N3O2/c1-12-5-6-13(2)15(10-12)21-17-8-7-14(11-19-17)20-18(22)16-4-3-9-23-16/h3-11H,1-2H3,(H,19,21)(H,20,22). The van der Waals surface area contributed by atoms with Gasteiger partial charge in [-0.2, -0.15) is 0 Å². The second kappa shape index (κ2) is 6.36. The van der Waals surface area contributed by atoms with Gasteiger partial charge in [0.15, 0.2) is 5.76 Å². The smallest absolute Gasteiger partial charge is 0.291 e. The van der Waals surface area contributed by atoms with Crippen molar-refractivity contribution in [3.8, 4) is 0 Å². The number of hydrogen-bond acceptors (Lipinski definition) is 4. The molecule has 2 aromatic heterocycles. The second-order valence-corrected chi connectivity index (χ2v) is 5.31. The van der Waals surface area contributed by atoms with Crippen LogP contribution in [0.15, 0.2) is 59.3 Å². The quantitative estimate of drug-likeness (QED) is 0.754. The van der Waals surface area contributed by atoms with Crippen LogP contribution < -0.4 is 10.6 Å². The molecule has 0 aliphatic rings. The lowest BCUT2D eigenvalue weighted by Gasteiger charge is -2.10. The van der Waals surface area contributed by atoms with Crippen LogP contribution in [-0.4, -0.2) is 10.9 Å². The van der Waals surface area contributed by atoms with Crippen LogP contribution in [-0.2, 0) is 0 Å². The van der Waals surface area contributed by atoms with Crippen molar-refractivity contribution in [3.05, 3.63) is 71.8 Å². The minimum atomic E-state index is -0.299. The number of benzene rings is 1. The number of aryl methyl sites for hydroxylation is 2. The summed E-state index contributed by atoms with van der Waals surface area (Å²) in [5.41, 5.74) is 3.95. The molecule has 3 aromatic rings. The Morgan fingerprint density at radius 2 is 2.00 bits per heavy atom. The fourth-order valence-electron chi connectivity index (χ4n) is 2.15. The molecule has 2 N–H and O–H groups in total. The molecule has 0 aliphatic carbocycles. The highest BCUT2D eigenvalue weighted by Gasteiger charge is 2.09. The van der Waals surface area contributed by atoms with Crippen LogP contribution in [0.2, 0.25) is 0 Å². The molecule has 0 bridgehead atoms. The molecule has 3 rings (SSSR count). The van der Waals surface area contributed by atoms with E-state index in [0.717, 1.165) is 17.1 Å². The SMILES string of the molecule is Cc1ccc(C)c(Nc2ccc(NC(=O)c3ccco3)cn2)c1. The van der Waals surface area contributed by atoms with Gasteiger partial charge in [-0.1, -0.05) is 12.1 Å². The third-order valence-corrected chi connectivity index (χ3v) is 3.42. The molecule has 116 valence electrons. The lowest BCUT2D eigenvalue weighted by atomic mass is 10.1. The van der Waals surface area contributed by atoms with Crippen molar-refractivity contribution in [2.75, 3.05) is 10.6 Å². The maximum Gasteiger partial charge on any atom is 0.291 e. The Kier molecular flexibility index (Phi) is 4.10. The zero-order valence-corrected chi connectivity index (χ0v) is 13.0. The number of pyridine rings is 1. The first-order valence-electron chi connectivity index (χ1n) is 7.27. The monoisotopic (exact) mass is 307 g/mol. The number of rotatable bonds is 4. The highest BCUT2D eigenvalue weighted by Crippen LogP contribution is 2.21. The molecular formula is C18H17N3O2. The second-order valence-electron chi connectivity index (χ2n) is 5.31. The summed E-state index contributed by atoms with van der Waals surface area (Å²) in [5.74, 6) is 0.685. The first-order valence-corrected chi connectivity index (χ1v) is 7.27. The Morgan fingerprint density at radius 3 is 2.70 bits per heavy atom. The third kappa shape index (κ3) is 3.58. The molecule has 5 heteroatoms. The van der Waals surface area contributed by atoms with E-state index in [-0.39, 0.29) is 11.7 Å². The predicted octanol–water partition coefficient (Wildman–Crippen LogP) is 4.29. The Balaban J connectivity index is 1.70. The van der Waals surface area contributed by atoms with Crippen molar-refractivity contribution < 1.29 is 9.21 Å². The number of carbonyl (C=O) groups excluding carboxylic acids is 1. The first kappa shape index (κ1) is 14.8. The van der Waals surface area contributed by atoms with Crippen LogP contribution in [0, 0.1) is 13.8 Å². The number of anilines is 3. The summed E-state index contributed by atoms with van der Waals surface area (Å²) in [5, 5.41) is 6.01. The molecule has 1 aromatic carbocycles. The van der Waals surface area contributed by atoms with Crippen molar-refractivity contribution in [2.24, 2.45) is 0 Å². The largest absolute Gasteiger partial charge is 0.459 e. The minimum Gasteiger partial charge on any atom is -0.459 e. The summed E-state index contributed by atoms with van der Waals surface area (Å²) in [7, 11) is 0. The summed E-state index contributed by atoms with van der Waals surface area (Å²) in [6, 6.07) is 13.1. The van der Waals surface area contributed by atoms with E-state index < -0.39 is 0 Å². The Bertz CT molecular complexity index is 809. The minimum absolute atomic E-state index is 0.266. The van der Waals surface area contributed by atoms with E-state index in [1.54, 1.807) is 24.4 Å². The molecule has 0 spiro atoms. The Labute approximate surface area is 134 Å². The lowest BCUT2D eigenvalue weighted by molar-refractivity contribution is 0.0996. The van der Waals surface area contributed by atoms with Crippen LogP contribution in [0.5, 0.6) is 0 Å². The zero-order chi connectivity index (χ0) is 16.2. The molecule has 2 heterocycles. The fraction of sp³-hybridized carbons (Fsp3) is 0.111. The van der Waals surface area contributed by atoms with E-state index in [2.05, 4.69) is 33.8 Å². The first-order chi connectivity index (χ1) is 11.1. The van der Waals surface area contributed by atoms with E-state index in [1.807, 2.05) is 19.9 Å². The van der Waals surface area contributed by atoms with Crippen molar-refractivity contribution >= 4 is 23.1 Å². The average Bonchev–Trinajstić information content (AvgIpc) is 3.07. The van der Waals surface area contributed by atoms with E-state index in [1.165, 1.54) is 11.8 Å². The lowest BCUT2D eigenvalue weighted by Crippen LogP contribution is -2.11. The van der Waals surface area contributed by atoms with Crippen LogP contribution in [0.3, 0.4) is 0 Å². The average molecular weight is 307 g/mol. The van der Waals surface area contributed by atoms with Gasteiger partial charge in [0.2, 0.25) is 0 Å². The summed E-state index contributed by atoms with van der Waals surface area (Å²) in [6.07, 6.45) is 3.07. The van der Waals surface area contributed by atoms with Gasteiger partial charge in [0, 0.05) is 5.69 Å². The summed E-state index contributed by atoms with van der Waals surface area (Å²) in [4.78, 5) is 16.2. The van der Waals surface area contributed by atoms with Crippen LogP contribution in [0.25, 0.3) is 0 Å². The fourth-order valence-corrected chi connectivity index (χ4v) is 2.15. The van der Waals surface area contributed by atoms with Gasteiger partial charge in [-0.3, -0.25) is 4.79 Å². The van der Waals surface area contributed by atoms with Gasteiger partial charge in [-0.25, -0.2) is 4.98 Å². The van der Waals surface area contributed by atoms with Crippen molar-refractivity contribution in [1.82, 2.24) is 4.98 Å².